The molecule has 0 aliphatic heterocycles. The van der Waals surface area contributed by atoms with E-state index in [9.17, 15) is 0 Å². The largest absolute Gasteiger partial charge is 0.495 e. The van der Waals surface area contributed by atoms with E-state index in [-0.39, 0.29) is 0 Å². The van der Waals surface area contributed by atoms with Crippen molar-refractivity contribution in [1.29, 1.82) is 0 Å². The zero-order valence-electron chi connectivity index (χ0n) is 7.58. The zero-order chi connectivity index (χ0) is 10.1. The maximum absolute atomic E-state index is 5.34. The average molecular weight is 289 g/mol. The number of thiol groups is 1. The number of alkyl halides is 1. The second kappa shape index (κ2) is 4.13. The lowest BCUT2D eigenvalue weighted by Gasteiger charge is -2.09. The number of halogens is 1. The molecule has 0 atom stereocenters. The minimum atomic E-state index is 0.793. The standard InChI is InChI=1S/C10H9BrOS2/c1-12-9-7(5-11)10-6(2-3-14-10)4-8(9)13/h2-4,13H,5H2,1H3. The average Bonchev–Trinajstić information content (AvgIpc) is 2.62. The lowest BCUT2D eigenvalue weighted by atomic mass is 10.1. The topological polar surface area (TPSA) is 9.23 Å². The second-order valence-corrected chi connectivity index (χ2v) is 4.84. The van der Waals surface area contributed by atoms with Gasteiger partial charge in [-0.1, -0.05) is 15.9 Å². The number of fused-ring (bicyclic) bond motifs is 1. The fourth-order valence-corrected chi connectivity index (χ4v) is 3.50. The summed E-state index contributed by atoms with van der Waals surface area (Å²) in [6.07, 6.45) is 0. The molecule has 0 amide bonds. The van der Waals surface area contributed by atoms with Crippen molar-refractivity contribution in [3.8, 4) is 5.75 Å². The van der Waals surface area contributed by atoms with Gasteiger partial charge >= 0.3 is 0 Å². The van der Waals surface area contributed by atoms with Gasteiger partial charge in [0, 0.05) is 20.5 Å². The summed E-state index contributed by atoms with van der Waals surface area (Å²) in [6.45, 7) is 0. The summed E-state index contributed by atoms with van der Waals surface area (Å²) in [5.74, 6) is 0.875. The van der Waals surface area contributed by atoms with Crippen molar-refractivity contribution in [3.05, 3.63) is 23.1 Å². The van der Waals surface area contributed by atoms with Crippen molar-refractivity contribution in [2.24, 2.45) is 0 Å². The van der Waals surface area contributed by atoms with Crippen molar-refractivity contribution in [2.75, 3.05) is 7.11 Å². The van der Waals surface area contributed by atoms with Gasteiger partial charge in [0.2, 0.25) is 0 Å². The highest BCUT2D eigenvalue weighted by Crippen LogP contribution is 2.38. The fraction of sp³-hybridized carbons (Fsp3) is 0.200. The predicted octanol–water partition coefficient (Wildman–Crippen LogP) is 4.09. The predicted molar refractivity (Wildman–Crippen MR) is 68.3 cm³/mol. The maximum Gasteiger partial charge on any atom is 0.137 e. The molecule has 1 aromatic carbocycles. The maximum atomic E-state index is 5.34. The fourth-order valence-electron chi connectivity index (χ4n) is 1.50. The number of hydrogen-bond donors (Lipinski definition) is 1. The summed E-state index contributed by atoms with van der Waals surface area (Å²) < 4.78 is 6.62. The summed E-state index contributed by atoms with van der Waals surface area (Å²) in [7, 11) is 1.68. The molecule has 4 heteroatoms. The van der Waals surface area contributed by atoms with Gasteiger partial charge in [-0.05, 0) is 22.9 Å². The quantitative estimate of drug-likeness (QED) is 0.647. The van der Waals surface area contributed by atoms with Crippen LogP contribution < -0.4 is 4.74 Å². The van der Waals surface area contributed by atoms with Crippen molar-refractivity contribution < 1.29 is 4.74 Å². The van der Waals surface area contributed by atoms with Crippen molar-refractivity contribution in [2.45, 2.75) is 10.2 Å². The monoisotopic (exact) mass is 288 g/mol. The van der Waals surface area contributed by atoms with Crippen LogP contribution in [-0.2, 0) is 5.33 Å². The van der Waals surface area contributed by atoms with Gasteiger partial charge < -0.3 is 4.74 Å². The molecule has 1 nitrogen and oxygen atoms in total. The molecule has 0 aliphatic carbocycles. The molecular formula is C10H9BrOS2. The first-order valence-electron chi connectivity index (χ1n) is 4.10. The molecule has 0 radical (unpaired) electrons. The number of hydrogen-bond acceptors (Lipinski definition) is 3. The van der Waals surface area contributed by atoms with Gasteiger partial charge in [-0.2, -0.15) is 0 Å². The smallest absolute Gasteiger partial charge is 0.137 e. The van der Waals surface area contributed by atoms with E-state index >= 15 is 0 Å². The van der Waals surface area contributed by atoms with Gasteiger partial charge in [0.15, 0.2) is 0 Å². The minimum absolute atomic E-state index is 0.793. The van der Waals surface area contributed by atoms with E-state index in [0.717, 1.165) is 16.0 Å². The first kappa shape index (κ1) is 10.3. The zero-order valence-corrected chi connectivity index (χ0v) is 10.9. The Hall–Kier alpha value is -0.190. The molecule has 0 spiro atoms. The van der Waals surface area contributed by atoms with Crippen LogP contribution in [-0.4, -0.2) is 7.11 Å². The first-order valence-corrected chi connectivity index (χ1v) is 6.54. The Kier molecular flexibility index (Phi) is 3.04. The number of rotatable bonds is 2. The van der Waals surface area contributed by atoms with Crippen LogP contribution >= 0.6 is 39.9 Å². The Bertz CT molecular complexity index is 464. The van der Waals surface area contributed by atoms with E-state index in [2.05, 4.69) is 40.0 Å². The third kappa shape index (κ3) is 1.55. The van der Waals surface area contributed by atoms with Crippen LogP contribution in [0.5, 0.6) is 5.75 Å². The van der Waals surface area contributed by atoms with Crippen LogP contribution in [0.3, 0.4) is 0 Å². The lowest BCUT2D eigenvalue weighted by Crippen LogP contribution is -1.91. The highest BCUT2D eigenvalue weighted by atomic mass is 79.9. The molecule has 0 saturated heterocycles. The Morgan fingerprint density at radius 2 is 2.36 bits per heavy atom. The number of ether oxygens (including phenoxy) is 1. The van der Waals surface area contributed by atoms with Crippen LogP contribution in [0.2, 0.25) is 0 Å². The van der Waals surface area contributed by atoms with E-state index in [0.29, 0.717) is 0 Å². The molecule has 74 valence electrons. The van der Waals surface area contributed by atoms with Crippen molar-refractivity contribution >= 4 is 50.0 Å². The van der Waals surface area contributed by atoms with Crippen LogP contribution in [0, 0.1) is 0 Å². The lowest BCUT2D eigenvalue weighted by molar-refractivity contribution is 0.402. The molecule has 1 heterocycles. The molecular weight excluding hydrogens is 280 g/mol. The first-order chi connectivity index (χ1) is 6.77. The number of benzene rings is 1. The molecule has 2 aromatic rings. The van der Waals surface area contributed by atoms with Gasteiger partial charge in [-0.3, -0.25) is 0 Å². The molecule has 2 rings (SSSR count). The third-order valence-electron chi connectivity index (χ3n) is 2.11. The van der Waals surface area contributed by atoms with Crippen LogP contribution in [0.15, 0.2) is 22.4 Å². The van der Waals surface area contributed by atoms with E-state index < -0.39 is 0 Å². The van der Waals surface area contributed by atoms with E-state index in [1.165, 1.54) is 15.6 Å². The van der Waals surface area contributed by atoms with Crippen molar-refractivity contribution in [1.82, 2.24) is 0 Å². The third-order valence-corrected chi connectivity index (χ3v) is 3.99. The minimum Gasteiger partial charge on any atom is -0.495 e. The summed E-state index contributed by atoms with van der Waals surface area (Å²) in [5, 5.41) is 4.11. The van der Waals surface area contributed by atoms with E-state index in [4.69, 9.17) is 4.74 Å². The van der Waals surface area contributed by atoms with Gasteiger partial charge in [-0.15, -0.1) is 24.0 Å². The molecule has 0 aliphatic rings. The van der Waals surface area contributed by atoms with E-state index in [1.54, 1.807) is 18.4 Å². The Balaban J connectivity index is 2.82. The molecule has 0 fully saturated rings. The summed E-state index contributed by atoms with van der Waals surface area (Å²) in [4.78, 5) is 0.896. The molecule has 0 saturated carbocycles. The molecule has 0 N–H and O–H groups in total. The summed E-state index contributed by atoms with van der Waals surface area (Å²) in [5.41, 5.74) is 1.19. The van der Waals surface area contributed by atoms with Crippen molar-refractivity contribution in [3.63, 3.8) is 0 Å². The normalized spacial score (nSPS) is 10.8. The van der Waals surface area contributed by atoms with E-state index in [1.807, 2.05) is 6.07 Å². The molecule has 0 bridgehead atoms. The summed E-state index contributed by atoms with van der Waals surface area (Å²) >= 11 is 9.63. The van der Waals surface area contributed by atoms with Crippen LogP contribution in [0.25, 0.3) is 10.1 Å². The van der Waals surface area contributed by atoms with Gasteiger partial charge in [0.05, 0.1) is 7.11 Å². The van der Waals surface area contributed by atoms with Gasteiger partial charge in [0.25, 0.3) is 0 Å². The molecule has 1 aromatic heterocycles. The Morgan fingerprint density at radius 3 is 3.00 bits per heavy atom. The highest BCUT2D eigenvalue weighted by Gasteiger charge is 2.11. The highest BCUT2D eigenvalue weighted by molar-refractivity contribution is 9.08. The number of methoxy groups -OCH3 is 1. The van der Waals surface area contributed by atoms with Crippen LogP contribution in [0.1, 0.15) is 5.56 Å². The molecule has 14 heavy (non-hydrogen) atoms. The SMILES string of the molecule is COc1c(S)cc2ccsc2c1CBr. The van der Waals surface area contributed by atoms with Crippen LogP contribution in [0.4, 0.5) is 0 Å². The Labute approximate surface area is 101 Å². The van der Waals surface area contributed by atoms with Gasteiger partial charge in [0.1, 0.15) is 5.75 Å². The number of thiophene rings is 1. The Morgan fingerprint density at radius 1 is 1.57 bits per heavy atom. The molecule has 0 unspecified atom stereocenters. The second-order valence-electron chi connectivity index (χ2n) is 2.88. The summed E-state index contributed by atoms with van der Waals surface area (Å²) in [6, 6.07) is 4.14. The van der Waals surface area contributed by atoms with Gasteiger partial charge in [-0.25, -0.2) is 0 Å².